The summed E-state index contributed by atoms with van der Waals surface area (Å²) in [6.07, 6.45) is 3.37. The maximum atomic E-state index is 5.97. The molecule has 0 aromatic heterocycles. The van der Waals surface area contributed by atoms with Gasteiger partial charge in [-0.2, -0.15) is 0 Å². The number of rotatable bonds is 7. The van der Waals surface area contributed by atoms with Crippen molar-refractivity contribution in [3.05, 3.63) is 29.8 Å². The molecule has 0 heterocycles. The second-order valence-corrected chi connectivity index (χ2v) is 5.29. The van der Waals surface area contributed by atoms with E-state index in [0.717, 1.165) is 32.4 Å². The number of benzene rings is 1. The summed E-state index contributed by atoms with van der Waals surface area (Å²) >= 11 is 0. The first-order chi connectivity index (χ1) is 8.60. The molecule has 0 atom stereocenters. The fourth-order valence-electron chi connectivity index (χ4n) is 2.41. The van der Waals surface area contributed by atoms with E-state index in [1.54, 1.807) is 0 Å². The molecule has 2 N–H and O–H groups in total. The van der Waals surface area contributed by atoms with Crippen LogP contribution in [0.1, 0.15) is 39.2 Å². The van der Waals surface area contributed by atoms with Gasteiger partial charge in [-0.05, 0) is 48.9 Å². The van der Waals surface area contributed by atoms with Crippen molar-refractivity contribution in [2.24, 2.45) is 11.1 Å². The lowest BCUT2D eigenvalue weighted by atomic mass is 9.82. The topological polar surface area (TPSA) is 29.3 Å². The second kappa shape index (κ2) is 6.79. The number of hydrogen-bond acceptors (Lipinski definition) is 2. The van der Waals surface area contributed by atoms with Crippen LogP contribution in [0.2, 0.25) is 0 Å². The van der Waals surface area contributed by atoms with Crippen LogP contribution in [0.25, 0.3) is 0 Å². The molecule has 0 aliphatic rings. The smallest absolute Gasteiger partial charge is 0.0363 e. The van der Waals surface area contributed by atoms with Gasteiger partial charge in [-0.15, -0.1) is 0 Å². The van der Waals surface area contributed by atoms with Crippen molar-refractivity contribution in [2.45, 2.75) is 40.0 Å². The fourth-order valence-corrected chi connectivity index (χ4v) is 2.41. The SMILES string of the molecule is CCc1ccc(N(C)CC(CC)(CC)CN)cc1. The minimum atomic E-state index is 0.248. The number of anilines is 1. The molecular formula is C16H28N2. The van der Waals surface area contributed by atoms with Crippen LogP contribution < -0.4 is 10.6 Å². The Morgan fingerprint density at radius 2 is 1.61 bits per heavy atom. The Labute approximate surface area is 112 Å². The predicted molar refractivity (Wildman–Crippen MR) is 81.2 cm³/mol. The highest BCUT2D eigenvalue weighted by atomic mass is 15.1. The molecule has 102 valence electrons. The lowest BCUT2D eigenvalue weighted by molar-refractivity contribution is 0.281. The van der Waals surface area contributed by atoms with Crippen LogP contribution in [-0.2, 0) is 6.42 Å². The van der Waals surface area contributed by atoms with E-state index in [0.29, 0.717) is 0 Å². The van der Waals surface area contributed by atoms with Gasteiger partial charge in [-0.1, -0.05) is 32.9 Å². The lowest BCUT2D eigenvalue weighted by Crippen LogP contribution is -2.40. The monoisotopic (exact) mass is 248 g/mol. The molecule has 0 aliphatic heterocycles. The highest BCUT2D eigenvalue weighted by molar-refractivity contribution is 5.47. The fraction of sp³-hybridized carbons (Fsp3) is 0.625. The number of hydrogen-bond donors (Lipinski definition) is 1. The highest BCUT2D eigenvalue weighted by Gasteiger charge is 2.26. The van der Waals surface area contributed by atoms with Crippen LogP contribution in [0.15, 0.2) is 24.3 Å². The molecule has 0 amide bonds. The van der Waals surface area contributed by atoms with E-state index in [9.17, 15) is 0 Å². The highest BCUT2D eigenvalue weighted by Crippen LogP contribution is 2.28. The van der Waals surface area contributed by atoms with Crippen molar-refractivity contribution in [3.63, 3.8) is 0 Å². The Morgan fingerprint density at radius 1 is 1.06 bits per heavy atom. The summed E-state index contributed by atoms with van der Waals surface area (Å²) < 4.78 is 0. The zero-order valence-electron chi connectivity index (χ0n) is 12.4. The van der Waals surface area contributed by atoms with Gasteiger partial charge >= 0.3 is 0 Å². The Bertz CT molecular complexity index is 330. The van der Waals surface area contributed by atoms with E-state index in [-0.39, 0.29) is 5.41 Å². The van der Waals surface area contributed by atoms with Crippen LogP contribution >= 0.6 is 0 Å². The zero-order valence-corrected chi connectivity index (χ0v) is 12.4. The van der Waals surface area contributed by atoms with E-state index >= 15 is 0 Å². The first-order valence-corrected chi connectivity index (χ1v) is 7.11. The summed E-state index contributed by atoms with van der Waals surface area (Å²) in [6.45, 7) is 8.46. The van der Waals surface area contributed by atoms with Crippen LogP contribution in [0.3, 0.4) is 0 Å². The lowest BCUT2D eigenvalue weighted by Gasteiger charge is -2.35. The maximum absolute atomic E-state index is 5.97. The van der Waals surface area contributed by atoms with E-state index in [1.165, 1.54) is 11.3 Å². The Balaban J connectivity index is 2.76. The van der Waals surface area contributed by atoms with Gasteiger partial charge in [0.05, 0.1) is 0 Å². The summed E-state index contributed by atoms with van der Waals surface area (Å²) in [4.78, 5) is 2.33. The average molecular weight is 248 g/mol. The Morgan fingerprint density at radius 3 is 2.00 bits per heavy atom. The quantitative estimate of drug-likeness (QED) is 0.801. The average Bonchev–Trinajstić information content (AvgIpc) is 2.45. The van der Waals surface area contributed by atoms with Crippen molar-refractivity contribution >= 4 is 5.69 Å². The van der Waals surface area contributed by atoms with E-state index in [1.807, 2.05) is 0 Å². The van der Waals surface area contributed by atoms with Gasteiger partial charge in [0.1, 0.15) is 0 Å². The minimum absolute atomic E-state index is 0.248. The van der Waals surface area contributed by atoms with Gasteiger partial charge in [0.2, 0.25) is 0 Å². The molecule has 18 heavy (non-hydrogen) atoms. The molecule has 0 spiro atoms. The molecule has 1 aromatic carbocycles. The van der Waals surface area contributed by atoms with Crippen molar-refractivity contribution in [1.82, 2.24) is 0 Å². The Hall–Kier alpha value is -1.02. The molecule has 0 saturated heterocycles. The van der Waals surface area contributed by atoms with Crippen molar-refractivity contribution in [3.8, 4) is 0 Å². The van der Waals surface area contributed by atoms with Crippen LogP contribution in [0.4, 0.5) is 5.69 Å². The molecule has 0 saturated carbocycles. The largest absolute Gasteiger partial charge is 0.374 e. The summed E-state index contributed by atoms with van der Waals surface area (Å²) in [7, 11) is 2.16. The third-order valence-electron chi connectivity index (χ3n) is 4.29. The van der Waals surface area contributed by atoms with Gasteiger partial charge < -0.3 is 10.6 Å². The number of nitrogens with two attached hydrogens (primary N) is 1. The molecular weight excluding hydrogens is 220 g/mol. The van der Waals surface area contributed by atoms with Crippen molar-refractivity contribution in [2.75, 3.05) is 25.0 Å². The molecule has 2 nitrogen and oxygen atoms in total. The Kier molecular flexibility index (Phi) is 5.67. The van der Waals surface area contributed by atoms with Gasteiger partial charge in [0.25, 0.3) is 0 Å². The molecule has 0 radical (unpaired) electrons. The van der Waals surface area contributed by atoms with Crippen LogP contribution in [0.5, 0.6) is 0 Å². The summed E-state index contributed by atoms with van der Waals surface area (Å²) in [5.41, 5.74) is 8.90. The van der Waals surface area contributed by atoms with E-state index in [2.05, 4.69) is 57.0 Å². The number of nitrogens with zero attached hydrogens (tertiary/aromatic N) is 1. The van der Waals surface area contributed by atoms with Gasteiger partial charge in [-0.25, -0.2) is 0 Å². The molecule has 0 aliphatic carbocycles. The molecule has 0 fully saturated rings. The molecule has 0 bridgehead atoms. The summed E-state index contributed by atoms with van der Waals surface area (Å²) in [6, 6.07) is 8.86. The summed E-state index contributed by atoms with van der Waals surface area (Å²) in [5.74, 6) is 0. The second-order valence-electron chi connectivity index (χ2n) is 5.29. The minimum Gasteiger partial charge on any atom is -0.374 e. The van der Waals surface area contributed by atoms with Crippen molar-refractivity contribution in [1.29, 1.82) is 0 Å². The standard InChI is InChI=1S/C16H28N2/c1-5-14-8-10-15(11-9-14)18(4)13-16(6-2,7-3)12-17/h8-11H,5-7,12-13,17H2,1-4H3. The van der Waals surface area contributed by atoms with E-state index < -0.39 is 0 Å². The third-order valence-corrected chi connectivity index (χ3v) is 4.29. The first-order valence-electron chi connectivity index (χ1n) is 7.11. The number of aryl methyl sites for hydroxylation is 1. The maximum Gasteiger partial charge on any atom is 0.0363 e. The van der Waals surface area contributed by atoms with Crippen molar-refractivity contribution < 1.29 is 0 Å². The molecule has 0 unspecified atom stereocenters. The summed E-state index contributed by atoms with van der Waals surface area (Å²) in [5, 5.41) is 0. The first kappa shape index (κ1) is 15.0. The van der Waals surface area contributed by atoms with Gasteiger partial charge in [0, 0.05) is 19.3 Å². The molecule has 1 aromatic rings. The van der Waals surface area contributed by atoms with Gasteiger partial charge in [0.15, 0.2) is 0 Å². The van der Waals surface area contributed by atoms with E-state index in [4.69, 9.17) is 5.73 Å². The third kappa shape index (κ3) is 3.49. The zero-order chi connectivity index (χ0) is 13.6. The molecule has 1 rings (SSSR count). The molecule has 2 heteroatoms. The normalized spacial score (nSPS) is 11.6. The predicted octanol–water partition coefficient (Wildman–Crippen LogP) is 3.45. The van der Waals surface area contributed by atoms with Crippen LogP contribution in [0, 0.1) is 5.41 Å². The van der Waals surface area contributed by atoms with Crippen LogP contribution in [-0.4, -0.2) is 20.1 Å². The van der Waals surface area contributed by atoms with Gasteiger partial charge in [-0.3, -0.25) is 0 Å².